The molecule has 4 aromatic rings. The molecule has 3 aromatic carbocycles. The summed E-state index contributed by atoms with van der Waals surface area (Å²) < 4.78 is 6.35. The molecule has 0 amide bonds. The minimum absolute atomic E-state index is 0.0619. The van der Waals surface area contributed by atoms with Crippen LogP contribution in [-0.2, 0) is 11.3 Å². The Morgan fingerprint density at radius 2 is 1.65 bits per heavy atom. The third-order valence-corrected chi connectivity index (χ3v) is 6.31. The summed E-state index contributed by atoms with van der Waals surface area (Å²) in [6.07, 6.45) is 2.04. The molecular weight excluding hydrogens is 384 g/mol. The number of aromatic amines is 1. The van der Waals surface area contributed by atoms with Gasteiger partial charge < -0.3 is 20.1 Å². The first kappa shape index (κ1) is 20.0. The number of aromatic nitrogens is 1. The molecule has 0 bridgehead atoms. The Bertz CT molecular complexity index is 1070. The van der Waals surface area contributed by atoms with E-state index in [1.54, 1.807) is 0 Å². The van der Waals surface area contributed by atoms with E-state index in [1.165, 1.54) is 22.1 Å². The van der Waals surface area contributed by atoms with Crippen molar-refractivity contribution in [1.82, 2.24) is 10.3 Å². The number of aliphatic hydroxyl groups excluding tert-OH is 1. The smallest absolute Gasteiger partial charge is 0.0740 e. The van der Waals surface area contributed by atoms with Crippen LogP contribution >= 0.6 is 0 Å². The molecule has 1 aliphatic heterocycles. The van der Waals surface area contributed by atoms with Crippen molar-refractivity contribution < 1.29 is 9.84 Å². The first-order chi connectivity index (χ1) is 15.3. The lowest BCUT2D eigenvalue weighted by Crippen LogP contribution is -2.50. The lowest BCUT2D eigenvalue weighted by Gasteiger charge is -2.38. The number of hydrogen-bond donors (Lipinski definition) is 3. The molecule has 2 heterocycles. The van der Waals surface area contributed by atoms with Gasteiger partial charge in [0.25, 0.3) is 0 Å². The van der Waals surface area contributed by atoms with Gasteiger partial charge in [-0.3, -0.25) is 0 Å². The fraction of sp³-hybridized carbons (Fsp3) is 0.259. The van der Waals surface area contributed by atoms with Gasteiger partial charge in [0, 0.05) is 30.6 Å². The molecule has 158 valence electrons. The van der Waals surface area contributed by atoms with Crippen molar-refractivity contribution in [2.75, 3.05) is 6.61 Å². The van der Waals surface area contributed by atoms with Gasteiger partial charge in [-0.15, -0.1) is 0 Å². The van der Waals surface area contributed by atoms with Crippen molar-refractivity contribution in [1.29, 1.82) is 0 Å². The average Bonchev–Trinajstić information content (AvgIpc) is 3.28. The molecule has 0 saturated carbocycles. The van der Waals surface area contributed by atoms with E-state index in [2.05, 4.69) is 83.1 Å². The normalized spacial score (nSPS) is 21.5. The van der Waals surface area contributed by atoms with E-state index >= 15 is 0 Å². The Morgan fingerprint density at radius 1 is 0.935 bits per heavy atom. The summed E-state index contributed by atoms with van der Waals surface area (Å²) in [5.41, 5.74) is 4.76. The molecule has 4 heteroatoms. The fourth-order valence-electron chi connectivity index (χ4n) is 4.63. The maximum Gasteiger partial charge on any atom is 0.0740 e. The molecule has 4 nitrogen and oxygen atoms in total. The number of fused-ring (bicyclic) bond motifs is 1. The molecule has 5 rings (SSSR count). The standard InChI is InChI=1S/C27H28N2O2/c30-25-16-26(27(21-7-3-1-4-8-21)22-9-5-2-6-10-22)31-18-24(25)29-17-19-11-12-20-13-14-28-23(20)15-19/h1-15,24-30H,16-18H2/t24-,25-,26+/m1/s1. The summed E-state index contributed by atoms with van der Waals surface area (Å²) in [4.78, 5) is 3.25. The molecule has 31 heavy (non-hydrogen) atoms. The third-order valence-electron chi connectivity index (χ3n) is 6.31. The maximum absolute atomic E-state index is 11.0. The van der Waals surface area contributed by atoms with Crippen molar-refractivity contribution in [3.05, 3.63) is 108 Å². The largest absolute Gasteiger partial charge is 0.391 e. The van der Waals surface area contributed by atoms with Crippen molar-refractivity contribution in [2.24, 2.45) is 0 Å². The fourth-order valence-corrected chi connectivity index (χ4v) is 4.63. The number of benzene rings is 3. The first-order valence-corrected chi connectivity index (χ1v) is 11.0. The van der Waals surface area contributed by atoms with Crippen molar-refractivity contribution in [3.63, 3.8) is 0 Å². The molecule has 3 atom stereocenters. The summed E-state index contributed by atoms with van der Waals surface area (Å²) >= 11 is 0. The Kier molecular flexibility index (Phi) is 5.85. The van der Waals surface area contributed by atoms with Crippen LogP contribution in [0.3, 0.4) is 0 Å². The highest BCUT2D eigenvalue weighted by atomic mass is 16.5. The highest BCUT2D eigenvalue weighted by Gasteiger charge is 2.35. The van der Waals surface area contributed by atoms with E-state index in [9.17, 15) is 5.11 Å². The minimum Gasteiger partial charge on any atom is -0.391 e. The predicted molar refractivity (Wildman–Crippen MR) is 124 cm³/mol. The number of H-pyrrole nitrogens is 1. The Morgan fingerprint density at radius 3 is 2.32 bits per heavy atom. The molecule has 0 aliphatic carbocycles. The molecule has 1 fully saturated rings. The molecule has 0 radical (unpaired) electrons. The van der Waals surface area contributed by atoms with Crippen LogP contribution in [0.15, 0.2) is 91.1 Å². The summed E-state index contributed by atoms with van der Waals surface area (Å²) in [6, 6.07) is 29.3. The van der Waals surface area contributed by atoms with E-state index < -0.39 is 6.10 Å². The number of ether oxygens (including phenoxy) is 1. The van der Waals surface area contributed by atoms with E-state index in [4.69, 9.17) is 4.74 Å². The molecule has 3 N–H and O–H groups in total. The number of rotatable bonds is 6. The Balaban J connectivity index is 1.27. The summed E-state index contributed by atoms with van der Waals surface area (Å²) in [6.45, 7) is 1.19. The van der Waals surface area contributed by atoms with Crippen LogP contribution in [0.1, 0.15) is 29.0 Å². The SMILES string of the molecule is O[C@@H]1C[C@@H](C(c2ccccc2)c2ccccc2)OC[C@H]1NCc1ccc2cc[nH]c2c1. The summed E-state index contributed by atoms with van der Waals surface area (Å²) in [5, 5.41) is 15.7. The molecule has 1 saturated heterocycles. The average molecular weight is 413 g/mol. The highest BCUT2D eigenvalue weighted by Crippen LogP contribution is 2.34. The quantitative estimate of drug-likeness (QED) is 0.434. The molecule has 0 unspecified atom stereocenters. The molecule has 1 aromatic heterocycles. The summed E-state index contributed by atoms with van der Waals surface area (Å²) in [7, 11) is 0. The van der Waals surface area contributed by atoms with Gasteiger partial charge in [-0.05, 0) is 34.2 Å². The van der Waals surface area contributed by atoms with E-state index in [0.29, 0.717) is 19.6 Å². The zero-order chi connectivity index (χ0) is 21.0. The van der Waals surface area contributed by atoms with Crippen molar-refractivity contribution in [2.45, 2.75) is 37.1 Å². The topological polar surface area (TPSA) is 57.3 Å². The number of nitrogens with one attached hydrogen (secondary N) is 2. The van der Waals surface area contributed by atoms with Gasteiger partial charge in [0.2, 0.25) is 0 Å². The van der Waals surface area contributed by atoms with Crippen LogP contribution < -0.4 is 5.32 Å². The third kappa shape index (κ3) is 4.42. The maximum atomic E-state index is 11.0. The van der Waals surface area contributed by atoms with Gasteiger partial charge in [-0.25, -0.2) is 0 Å². The van der Waals surface area contributed by atoms with Crippen LogP contribution in [0.5, 0.6) is 0 Å². The van der Waals surface area contributed by atoms with Crippen molar-refractivity contribution in [3.8, 4) is 0 Å². The number of aliphatic hydroxyl groups is 1. The Labute approximate surface area is 182 Å². The van der Waals surface area contributed by atoms with Crippen LogP contribution in [-0.4, -0.2) is 34.9 Å². The van der Waals surface area contributed by atoms with E-state index in [0.717, 1.165) is 5.52 Å². The molecule has 0 spiro atoms. The first-order valence-electron chi connectivity index (χ1n) is 11.0. The van der Waals surface area contributed by atoms with Crippen LogP contribution in [0.25, 0.3) is 10.9 Å². The lowest BCUT2D eigenvalue weighted by molar-refractivity contribution is -0.0718. The second kappa shape index (κ2) is 9.06. The molecular formula is C27H28N2O2. The minimum atomic E-state index is -0.456. The van der Waals surface area contributed by atoms with Gasteiger partial charge in [0.1, 0.15) is 0 Å². The lowest BCUT2D eigenvalue weighted by atomic mass is 9.82. The zero-order valence-corrected chi connectivity index (χ0v) is 17.4. The highest BCUT2D eigenvalue weighted by molar-refractivity contribution is 5.79. The summed E-state index contributed by atoms with van der Waals surface area (Å²) in [5.74, 6) is 0.105. The van der Waals surface area contributed by atoms with Crippen LogP contribution in [0.2, 0.25) is 0 Å². The predicted octanol–water partition coefficient (Wildman–Crippen LogP) is 4.61. The van der Waals surface area contributed by atoms with Gasteiger partial charge in [-0.1, -0.05) is 72.8 Å². The number of hydrogen-bond acceptors (Lipinski definition) is 3. The van der Waals surface area contributed by atoms with Crippen LogP contribution in [0, 0.1) is 0 Å². The van der Waals surface area contributed by atoms with Crippen LogP contribution in [0.4, 0.5) is 0 Å². The van der Waals surface area contributed by atoms with E-state index in [-0.39, 0.29) is 18.1 Å². The van der Waals surface area contributed by atoms with Gasteiger partial charge in [0.05, 0.1) is 24.9 Å². The van der Waals surface area contributed by atoms with Gasteiger partial charge in [-0.2, -0.15) is 0 Å². The second-order valence-corrected chi connectivity index (χ2v) is 8.36. The zero-order valence-electron chi connectivity index (χ0n) is 17.4. The van der Waals surface area contributed by atoms with Gasteiger partial charge in [0.15, 0.2) is 0 Å². The molecule has 1 aliphatic rings. The Hall–Kier alpha value is -2.92. The van der Waals surface area contributed by atoms with Crippen molar-refractivity contribution >= 4 is 10.9 Å². The van der Waals surface area contributed by atoms with Gasteiger partial charge >= 0.3 is 0 Å². The van der Waals surface area contributed by atoms with E-state index in [1.807, 2.05) is 18.3 Å². The monoisotopic (exact) mass is 412 g/mol. The second-order valence-electron chi connectivity index (χ2n) is 8.36.